The van der Waals surface area contributed by atoms with E-state index < -0.39 is 0 Å². The fourth-order valence-corrected chi connectivity index (χ4v) is 3.89. The number of benzene rings is 2. The first-order chi connectivity index (χ1) is 12.7. The summed E-state index contributed by atoms with van der Waals surface area (Å²) in [6.07, 6.45) is 0.592. The quantitative estimate of drug-likeness (QED) is 0.637. The minimum atomic E-state index is -0.311. The van der Waals surface area contributed by atoms with E-state index in [1.807, 2.05) is 49.4 Å². The lowest BCUT2D eigenvalue weighted by atomic mass is 9.96. The Bertz CT molecular complexity index is 903. The number of carbonyl (C=O) groups is 1. The number of fused-ring (bicyclic) bond motifs is 2. The maximum absolute atomic E-state index is 12.5. The minimum Gasteiger partial charge on any atom is -0.494 e. The SMILES string of the molecule is CCOc1ccc2c(c1)CC(C(=O)OCc1nc3ccccc3s1)CO2. The van der Waals surface area contributed by atoms with Crippen LogP contribution in [0.5, 0.6) is 11.5 Å². The maximum Gasteiger partial charge on any atom is 0.313 e. The number of ether oxygens (including phenoxy) is 3. The van der Waals surface area contributed by atoms with Crippen LogP contribution >= 0.6 is 11.3 Å². The number of thiazole rings is 1. The highest BCUT2D eigenvalue weighted by atomic mass is 32.1. The van der Waals surface area contributed by atoms with E-state index >= 15 is 0 Å². The van der Waals surface area contributed by atoms with E-state index in [1.54, 1.807) is 11.3 Å². The van der Waals surface area contributed by atoms with Crippen LogP contribution in [0.4, 0.5) is 0 Å². The van der Waals surface area contributed by atoms with Gasteiger partial charge in [-0.3, -0.25) is 4.79 Å². The molecule has 1 aliphatic rings. The molecule has 0 N–H and O–H groups in total. The van der Waals surface area contributed by atoms with Crippen LogP contribution in [-0.4, -0.2) is 24.2 Å². The molecule has 0 bridgehead atoms. The number of nitrogens with zero attached hydrogens (tertiary/aromatic N) is 1. The Morgan fingerprint density at radius 3 is 3.04 bits per heavy atom. The topological polar surface area (TPSA) is 57.7 Å². The molecule has 1 aromatic heterocycles. The average molecular weight is 369 g/mol. The molecule has 0 radical (unpaired) electrons. The van der Waals surface area contributed by atoms with Gasteiger partial charge in [0.05, 0.1) is 22.7 Å². The number of hydrogen-bond acceptors (Lipinski definition) is 6. The third-order valence-electron chi connectivity index (χ3n) is 4.26. The fourth-order valence-electron chi connectivity index (χ4n) is 3.01. The third-order valence-corrected chi connectivity index (χ3v) is 5.27. The zero-order valence-electron chi connectivity index (χ0n) is 14.4. The molecule has 0 aliphatic carbocycles. The van der Waals surface area contributed by atoms with Crippen molar-refractivity contribution in [3.63, 3.8) is 0 Å². The predicted molar refractivity (Wildman–Crippen MR) is 99.7 cm³/mol. The lowest BCUT2D eigenvalue weighted by molar-refractivity contribution is -0.151. The van der Waals surface area contributed by atoms with Crippen LogP contribution < -0.4 is 9.47 Å². The Morgan fingerprint density at radius 1 is 1.31 bits per heavy atom. The van der Waals surface area contributed by atoms with Gasteiger partial charge >= 0.3 is 5.97 Å². The number of aromatic nitrogens is 1. The van der Waals surface area contributed by atoms with Gasteiger partial charge < -0.3 is 14.2 Å². The van der Waals surface area contributed by atoms with Gasteiger partial charge in [-0.25, -0.2) is 4.98 Å². The summed E-state index contributed by atoms with van der Waals surface area (Å²) in [6, 6.07) is 13.6. The highest BCUT2D eigenvalue weighted by Crippen LogP contribution is 2.31. The standard InChI is InChI=1S/C20H19NO4S/c1-2-23-15-7-8-17-13(10-15)9-14(11-24-17)20(22)25-12-19-21-16-5-3-4-6-18(16)26-19/h3-8,10,14H,2,9,11-12H2,1H3. The van der Waals surface area contributed by atoms with Gasteiger partial charge in [0.1, 0.15) is 29.7 Å². The monoisotopic (exact) mass is 369 g/mol. The van der Waals surface area contributed by atoms with Gasteiger partial charge in [-0.15, -0.1) is 11.3 Å². The second kappa shape index (κ2) is 7.33. The molecule has 2 aromatic carbocycles. The zero-order valence-corrected chi connectivity index (χ0v) is 15.3. The number of rotatable bonds is 5. The minimum absolute atomic E-state index is 0.195. The number of carbonyl (C=O) groups excluding carboxylic acids is 1. The number of para-hydroxylation sites is 1. The summed E-state index contributed by atoms with van der Waals surface area (Å²) < 4.78 is 17.8. The van der Waals surface area contributed by atoms with Crippen LogP contribution in [0, 0.1) is 5.92 Å². The first-order valence-electron chi connectivity index (χ1n) is 8.62. The first-order valence-corrected chi connectivity index (χ1v) is 9.44. The van der Waals surface area contributed by atoms with Crippen LogP contribution in [0.3, 0.4) is 0 Å². The van der Waals surface area contributed by atoms with Crippen molar-refractivity contribution in [3.05, 3.63) is 53.0 Å². The second-order valence-electron chi connectivity index (χ2n) is 6.10. The average Bonchev–Trinajstić information content (AvgIpc) is 3.09. The molecule has 0 fully saturated rings. The molecule has 26 heavy (non-hydrogen) atoms. The van der Waals surface area contributed by atoms with E-state index in [9.17, 15) is 4.79 Å². The molecule has 1 aliphatic heterocycles. The van der Waals surface area contributed by atoms with Gasteiger partial charge in [-0.1, -0.05) is 12.1 Å². The Kier molecular flexibility index (Phi) is 4.75. The fraction of sp³-hybridized carbons (Fsp3) is 0.300. The van der Waals surface area contributed by atoms with Crippen LogP contribution in [0.2, 0.25) is 0 Å². The Hall–Kier alpha value is -2.60. The Balaban J connectivity index is 1.40. The summed E-state index contributed by atoms with van der Waals surface area (Å²) in [6.45, 7) is 3.08. The van der Waals surface area contributed by atoms with Gasteiger partial charge in [0.15, 0.2) is 0 Å². The van der Waals surface area contributed by atoms with Gasteiger partial charge in [0, 0.05) is 0 Å². The van der Waals surface area contributed by atoms with Crippen molar-refractivity contribution in [1.29, 1.82) is 0 Å². The second-order valence-corrected chi connectivity index (χ2v) is 7.21. The predicted octanol–water partition coefficient (Wildman–Crippen LogP) is 3.99. The molecule has 3 aromatic rings. The summed E-state index contributed by atoms with van der Waals surface area (Å²) in [7, 11) is 0. The lowest BCUT2D eigenvalue weighted by Gasteiger charge is -2.24. The summed E-state index contributed by atoms with van der Waals surface area (Å²) in [5.41, 5.74) is 1.91. The van der Waals surface area contributed by atoms with E-state index in [1.165, 1.54) is 0 Å². The van der Waals surface area contributed by atoms with Gasteiger partial charge in [-0.05, 0) is 49.2 Å². The zero-order chi connectivity index (χ0) is 17.9. The van der Waals surface area contributed by atoms with E-state index in [-0.39, 0.29) is 18.5 Å². The van der Waals surface area contributed by atoms with Gasteiger partial charge in [0.2, 0.25) is 0 Å². The summed E-state index contributed by atoms with van der Waals surface area (Å²) in [4.78, 5) is 16.9. The molecule has 6 heteroatoms. The van der Waals surface area contributed by atoms with Crippen molar-refractivity contribution in [1.82, 2.24) is 4.98 Å². The van der Waals surface area contributed by atoms with Crippen molar-refractivity contribution in [2.24, 2.45) is 5.92 Å². The van der Waals surface area contributed by atoms with Crippen molar-refractivity contribution < 1.29 is 19.0 Å². The first kappa shape index (κ1) is 16.8. The molecule has 2 heterocycles. The van der Waals surface area contributed by atoms with Crippen molar-refractivity contribution in [3.8, 4) is 11.5 Å². The van der Waals surface area contributed by atoms with Crippen molar-refractivity contribution >= 4 is 27.5 Å². The van der Waals surface area contributed by atoms with E-state index in [0.29, 0.717) is 19.6 Å². The van der Waals surface area contributed by atoms with Gasteiger partial charge in [0.25, 0.3) is 0 Å². The third kappa shape index (κ3) is 3.51. The Labute approximate surface area is 155 Å². The van der Waals surface area contributed by atoms with Crippen LogP contribution in [-0.2, 0) is 22.6 Å². The highest BCUT2D eigenvalue weighted by molar-refractivity contribution is 7.18. The molecule has 0 amide bonds. The van der Waals surface area contributed by atoms with Crippen LogP contribution in [0.1, 0.15) is 17.5 Å². The molecular formula is C20H19NO4S. The Morgan fingerprint density at radius 2 is 2.19 bits per heavy atom. The lowest BCUT2D eigenvalue weighted by Crippen LogP contribution is -2.29. The summed E-state index contributed by atoms with van der Waals surface area (Å²) >= 11 is 1.55. The molecular weight excluding hydrogens is 350 g/mol. The molecule has 1 unspecified atom stereocenters. The summed E-state index contributed by atoms with van der Waals surface area (Å²) in [5, 5.41) is 0.801. The molecule has 0 spiro atoms. The number of hydrogen-bond donors (Lipinski definition) is 0. The largest absolute Gasteiger partial charge is 0.494 e. The highest BCUT2D eigenvalue weighted by Gasteiger charge is 2.28. The van der Waals surface area contributed by atoms with Crippen molar-refractivity contribution in [2.75, 3.05) is 13.2 Å². The molecule has 134 valence electrons. The molecule has 0 saturated carbocycles. The normalized spacial score (nSPS) is 16.0. The molecule has 5 nitrogen and oxygen atoms in total. The van der Waals surface area contributed by atoms with E-state index in [2.05, 4.69) is 4.98 Å². The molecule has 4 rings (SSSR count). The van der Waals surface area contributed by atoms with E-state index in [0.717, 1.165) is 32.3 Å². The molecule has 0 saturated heterocycles. The van der Waals surface area contributed by atoms with Crippen molar-refractivity contribution in [2.45, 2.75) is 20.0 Å². The number of esters is 1. The van der Waals surface area contributed by atoms with Gasteiger partial charge in [-0.2, -0.15) is 0 Å². The van der Waals surface area contributed by atoms with Crippen LogP contribution in [0.15, 0.2) is 42.5 Å². The van der Waals surface area contributed by atoms with Crippen LogP contribution in [0.25, 0.3) is 10.2 Å². The smallest absolute Gasteiger partial charge is 0.313 e. The summed E-state index contributed by atoms with van der Waals surface area (Å²) in [5.74, 6) is 1.03. The van der Waals surface area contributed by atoms with E-state index in [4.69, 9.17) is 14.2 Å². The maximum atomic E-state index is 12.5. The molecule has 1 atom stereocenters.